The van der Waals surface area contributed by atoms with Gasteiger partial charge in [0.2, 0.25) is 5.91 Å². The predicted molar refractivity (Wildman–Crippen MR) is 124 cm³/mol. The Morgan fingerprint density at radius 3 is 2.18 bits per heavy atom. The van der Waals surface area contributed by atoms with E-state index in [9.17, 15) is 18.0 Å². The van der Waals surface area contributed by atoms with E-state index in [4.69, 9.17) is 15.2 Å². The van der Waals surface area contributed by atoms with Crippen LogP contribution >= 0.6 is 0 Å². The average molecular weight is 468 g/mol. The molecule has 3 rings (SSSR count). The lowest BCUT2D eigenvalue weighted by molar-refractivity contribution is -0.140. The zero-order valence-electron chi connectivity index (χ0n) is 18.1. The Bertz CT molecular complexity index is 1210. The molecule has 0 heterocycles. The number of hydrogen-bond donors (Lipinski definition) is 1. The largest absolute Gasteiger partial charge is 0.468 e. The summed E-state index contributed by atoms with van der Waals surface area (Å²) in [6, 6.07) is 22.2. The molecule has 0 spiro atoms. The predicted octanol–water partition coefficient (Wildman–Crippen LogP) is 3.37. The van der Waals surface area contributed by atoms with Gasteiger partial charge in [0.1, 0.15) is 0 Å². The Morgan fingerprint density at radius 2 is 1.58 bits per heavy atom. The van der Waals surface area contributed by atoms with Crippen molar-refractivity contribution in [1.29, 1.82) is 0 Å². The minimum absolute atomic E-state index is 0.0405. The van der Waals surface area contributed by atoms with Crippen LogP contribution in [-0.4, -0.2) is 39.3 Å². The summed E-state index contributed by atoms with van der Waals surface area (Å²) in [6.07, 6.45) is -0.0833. The second-order valence-corrected chi connectivity index (χ2v) is 9.45. The van der Waals surface area contributed by atoms with Crippen molar-refractivity contribution in [1.82, 2.24) is 0 Å². The fourth-order valence-corrected chi connectivity index (χ4v) is 5.05. The number of rotatable bonds is 10. The number of esters is 1. The third kappa shape index (κ3) is 5.85. The van der Waals surface area contributed by atoms with E-state index < -0.39 is 27.0 Å². The van der Waals surface area contributed by atoms with Gasteiger partial charge in [-0.25, -0.2) is 8.42 Å². The van der Waals surface area contributed by atoms with Gasteiger partial charge < -0.3 is 15.2 Å². The van der Waals surface area contributed by atoms with Crippen molar-refractivity contribution in [2.24, 2.45) is 5.73 Å². The quantitative estimate of drug-likeness (QED) is 0.361. The van der Waals surface area contributed by atoms with E-state index in [0.717, 1.165) is 12.7 Å². The summed E-state index contributed by atoms with van der Waals surface area (Å²) in [5.74, 6) is -1.56. The summed E-state index contributed by atoms with van der Waals surface area (Å²) in [4.78, 5) is 24.2. The summed E-state index contributed by atoms with van der Waals surface area (Å²) >= 11 is 0. The van der Waals surface area contributed by atoms with E-state index in [2.05, 4.69) is 0 Å². The smallest absolute Gasteiger partial charge is 0.324 e. The lowest BCUT2D eigenvalue weighted by Crippen LogP contribution is -2.33. The normalized spacial score (nSPS) is 12.2. The van der Waals surface area contributed by atoms with E-state index in [1.54, 1.807) is 30.3 Å². The zero-order chi connectivity index (χ0) is 23.8. The Morgan fingerprint density at radius 1 is 0.939 bits per heavy atom. The van der Waals surface area contributed by atoms with Crippen LogP contribution in [0.1, 0.15) is 22.3 Å². The molecule has 3 aromatic carbocycles. The Labute approximate surface area is 193 Å². The molecule has 1 atom stereocenters. The Kier molecular flexibility index (Phi) is 7.97. The number of primary amides is 1. The molecule has 33 heavy (non-hydrogen) atoms. The molecule has 1 amide bonds. The molecule has 1 unspecified atom stereocenters. The third-order valence-corrected chi connectivity index (χ3v) is 7.23. The molecule has 0 aromatic heterocycles. The summed E-state index contributed by atoms with van der Waals surface area (Å²) in [7, 11) is -3.00. The van der Waals surface area contributed by atoms with Gasteiger partial charge in [-0.1, -0.05) is 60.7 Å². The van der Waals surface area contributed by atoms with Gasteiger partial charge in [-0.3, -0.25) is 9.59 Å². The molecule has 0 saturated carbocycles. The van der Waals surface area contributed by atoms with Crippen LogP contribution in [0, 0.1) is 0 Å². The van der Waals surface area contributed by atoms with Crippen molar-refractivity contribution in [3.63, 3.8) is 0 Å². The van der Waals surface area contributed by atoms with Crippen molar-refractivity contribution < 1.29 is 27.5 Å². The van der Waals surface area contributed by atoms with Gasteiger partial charge in [0.05, 0.1) is 18.6 Å². The highest BCUT2D eigenvalue weighted by atomic mass is 32.2. The van der Waals surface area contributed by atoms with E-state index >= 15 is 0 Å². The minimum Gasteiger partial charge on any atom is -0.468 e. The number of benzene rings is 3. The van der Waals surface area contributed by atoms with Gasteiger partial charge >= 0.3 is 5.97 Å². The van der Waals surface area contributed by atoms with Crippen molar-refractivity contribution in [3.8, 4) is 11.1 Å². The van der Waals surface area contributed by atoms with Gasteiger partial charge in [-0.2, -0.15) is 0 Å². The second-order valence-electron chi connectivity index (χ2n) is 7.32. The third-order valence-electron chi connectivity index (χ3n) is 5.14. The van der Waals surface area contributed by atoms with Crippen LogP contribution in [0.25, 0.3) is 11.1 Å². The molecule has 2 N–H and O–H groups in total. The second kappa shape index (κ2) is 10.9. The lowest BCUT2D eigenvalue weighted by atomic mass is 9.99. The van der Waals surface area contributed by atoms with Gasteiger partial charge in [0.25, 0.3) is 0 Å². The van der Waals surface area contributed by atoms with Crippen molar-refractivity contribution in [2.45, 2.75) is 23.2 Å². The maximum Gasteiger partial charge on any atom is 0.324 e. The fourth-order valence-electron chi connectivity index (χ4n) is 3.42. The molecule has 0 bridgehead atoms. The Balaban J connectivity index is 1.88. The highest BCUT2D eigenvalue weighted by Crippen LogP contribution is 2.29. The SMILES string of the molecule is COC(=O)C(CCOCc1ccccc1)S(=O)(=O)c1ccc(C(N)=O)c(-c2ccccc2)c1. The molecule has 172 valence electrons. The molecule has 0 aliphatic rings. The molecule has 3 aromatic rings. The molecular weight excluding hydrogens is 442 g/mol. The van der Waals surface area contributed by atoms with Crippen LogP contribution < -0.4 is 5.73 Å². The molecular formula is C25H25NO6S. The molecule has 7 nitrogen and oxygen atoms in total. The molecule has 0 aliphatic carbocycles. The number of hydrogen-bond acceptors (Lipinski definition) is 6. The van der Waals surface area contributed by atoms with E-state index in [-0.39, 0.29) is 23.5 Å². The molecule has 8 heteroatoms. The number of amides is 1. The van der Waals surface area contributed by atoms with Crippen LogP contribution in [0.5, 0.6) is 0 Å². The van der Waals surface area contributed by atoms with Gasteiger partial charge in [-0.05, 0) is 41.3 Å². The first-order valence-electron chi connectivity index (χ1n) is 10.3. The van der Waals surface area contributed by atoms with Gasteiger partial charge in [0, 0.05) is 12.2 Å². The molecule has 0 saturated heterocycles. The van der Waals surface area contributed by atoms with E-state index in [0.29, 0.717) is 17.7 Å². The number of carbonyl (C=O) groups excluding carboxylic acids is 2. The molecule has 0 fully saturated rings. The van der Waals surface area contributed by atoms with Gasteiger partial charge in [0.15, 0.2) is 15.1 Å². The van der Waals surface area contributed by atoms with Crippen LogP contribution in [0.2, 0.25) is 0 Å². The van der Waals surface area contributed by atoms with Crippen LogP contribution in [0.3, 0.4) is 0 Å². The maximum absolute atomic E-state index is 13.4. The standard InChI is InChI=1S/C25H25NO6S/c1-31-25(28)23(14-15-32-17-18-8-4-2-5-9-18)33(29,30)20-12-13-21(24(26)27)22(16-20)19-10-6-3-7-11-19/h2-13,16,23H,14-15,17H2,1H3,(H2,26,27). The van der Waals surface area contributed by atoms with Crippen LogP contribution in [0.15, 0.2) is 83.8 Å². The van der Waals surface area contributed by atoms with Crippen LogP contribution in [-0.2, 0) is 30.7 Å². The number of nitrogens with two attached hydrogens (primary N) is 1. The first-order valence-corrected chi connectivity index (χ1v) is 11.8. The highest BCUT2D eigenvalue weighted by molar-refractivity contribution is 7.92. The average Bonchev–Trinajstić information content (AvgIpc) is 2.84. The highest BCUT2D eigenvalue weighted by Gasteiger charge is 2.35. The number of ether oxygens (including phenoxy) is 2. The molecule has 0 radical (unpaired) electrons. The van der Waals surface area contributed by atoms with Gasteiger partial charge in [-0.15, -0.1) is 0 Å². The minimum atomic E-state index is -4.14. The van der Waals surface area contributed by atoms with E-state index in [1.807, 2.05) is 30.3 Å². The molecule has 0 aliphatic heterocycles. The number of methoxy groups -OCH3 is 1. The summed E-state index contributed by atoms with van der Waals surface area (Å²) in [6.45, 7) is 0.332. The van der Waals surface area contributed by atoms with Crippen LogP contribution in [0.4, 0.5) is 0 Å². The Hall–Kier alpha value is -3.49. The maximum atomic E-state index is 13.4. The lowest BCUT2D eigenvalue weighted by Gasteiger charge is -2.17. The summed E-state index contributed by atoms with van der Waals surface area (Å²) in [5.41, 5.74) is 7.60. The number of sulfone groups is 1. The van der Waals surface area contributed by atoms with E-state index in [1.165, 1.54) is 18.2 Å². The first kappa shape index (κ1) is 24.2. The monoisotopic (exact) mass is 467 g/mol. The van der Waals surface area contributed by atoms with Crippen molar-refractivity contribution >= 4 is 21.7 Å². The summed E-state index contributed by atoms with van der Waals surface area (Å²) < 4.78 is 37.1. The number of carbonyl (C=O) groups is 2. The topological polar surface area (TPSA) is 113 Å². The first-order chi connectivity index (χ1) is 15.8. The van der Waals surface area contributed by atoms with Crippen molar-refractivity contribution in [3.05, 3.63) is 90.0 Å². The van der Waals surface area contributed by atoms with Crippen molar-refractivity contribution in [2.75, 3.05) is 13.7 Å². The summed E-state index contributed by atoms with van der Waals surface area (Å²) in [5, 5.41) is -1.46. The zero-order valence-corrected chi connectivity index (χ0v) is 19.0. The fraction of sp³-hybridized carbons (Fsp3) is 0.200.